The average molecular weight is 406 g/mol. The highest BCUT2D eigenvalue weighted by atomic mass is 127. The Bertz CT molecular complexity index is 702. The number of allylic oxidation sites excluding steroid dienone is 1. The highest BCUT2D eigenvalue weighted by molar-refractivity contribution is 14.1. The predicted molar refractivity (Wildman–Crippen MR) is 75.6 cm³/mol. The number of hydrogen-bond donors (Lipinski definition) is 2. The molecule has 0 spiro atoms. The molecule has 0 fully saturated rings. The molecule has 0 amide bonds. The number of halogens is 4. The number of nitriles is 1. The van der Waals surface area contributed by atoms with Crippen molar-refractivity contribution >= 4 is 33.9 Å². The first-order valence-electron chi connectivity index (χ1n) is 5.38. The van der Waals surface area contributed by atoms with Gasteiger partial charge in [-0.25, -0.2) is 0 Å². The third kappa shape index (κ3) is 3.91. The van der Waals surface area contributed by atoms with Gasteiger partial charge < -0.3 is 5.32 Å². The van der Waals surface area contributed by atoms with Gasteiger partial charge in [-0.15, -0.1) is 10.2 Å². The minimum absolute atomic E-state index is 0.0381. The predicted octanol–water partition coefficient (Wildman–Crippen LogP) is 2.80. The van der Waals surface area contributed by atoms with Crippen LogP contribution in [-0.4, -0.2) is 20.6 Å². The van der Waals surface area contributed by atoms with Crippen LogP contribution in [0, 0.1) is 14.9 Å². The number of nitrogens with one attached hydrogen (secondary N) is 2. The molecule has 0 bridgehead atoms. The zero-order valence-electron chi connectivity index (χ0n) is 10.1. The Labute approximate surface area is 130 Å². The van der Waals surface area contributed by atoms with Crippen LogP contribution < -0.4 is 5.32 Å². The number of hydrogen-bond acceptors (Lipinski definition) is 5. The van der Waals surface area contributed by atoms with Gasteiger partial charge in [0.15, 0.2) is 0 Å². The molecule has 21 heavy (non-hydrogen) atoms. The van der Waals surface area contributed by atoms with Crippen LogP contribution in [-0.2, 0) is 6.18 Å². The fraction of sp³-hybridized carbons (Fsp3) is 0.0909. The van der Waals surface area contributed by atoms with E-state index in [4.69, 9.17) is 5.26 Å². The lowest BCUT2D eigenvalue weighted by Crippen LogP contribution is -2.06. The van der Waals surface area contributed by atoms with E-state index in [1.165, 1.54) is 12.3 Å². The number of anilines is 1. The van der Waals surface area contributed by atoms with Gasteiger partial charge in [-0.3, -0.25) is 0 Å². The first kappa shape index (κ1) is 15.2. The number of aromatic nitrogens is 4. The number of alkyl halides is 3. The Morgan fingerprint density at radius 3 is 2.71 bits per heavy atom. The maximum absolute atomic E-state index is 12.7. The van der Waals surface area contributed by atoms with Crippen molar-refractivity contribution < 1.29 is 13.2 Å². The van der Waals surface area contributed by atoms with Crippen molar-refractivity contribution in [1.29, 1.82) is 5.26 Å². The second-order valence-corrected chi connectivity index (χ2v) is 5.02. The summed E-state index contributed by atoms with van der Waals surface area (Å²) in [6.07, 6.45) is -3.22. The molecule has 0 saturated heterocycles. The molecule has 2 N–H and O–H groups in total. The average Bonchev–Trinajstić information content (AvgIpc) is 2.92. The fourth-order valence-electron chi connectivity index (χ4n) is 1.41. The highest BCUT2D eigenvalue weighted by Crippen LogP contribution is 2.32. The van der Waals surface area contributed by atoms with Gasteiger partial charge in [-0.2, -0.15) is 23.6 Å². The quantitative estimate of drug-likeness (QED) is 0.605. The van der Waals surface area contributed by atoms with Gasteiger partial charge in [0.2, 0.25) is 5.82 Å². The van der Waals surface area contributed by atoms with E-state index in [1.807, 2.05) is 6.07 Å². The molecule has 6 nitrogen and oxygen atoms in total. The summed E-state index contributed by atoms with van der Waals surface area (Å²) in [5.41, 5.74) is -0.537. The van der Waals surface area contributed by atoms with Gasteiger partial charge in [-0.1, -0.05) is 0 Å². The molecule has 10 heteroatoms. The molecule has 1 aromatic carbocycles. The summed E-state index contributed by atoms with van der Waals surface area (Å²) in [4.78, 5) is 0. The molecule has 0 aliphatic heterocycles. The third-order valence-corrected chi connectivity index (χ3v) is 2.94. The first-order chi connectivity index (χ1) is 9.90. The van der Waals surface area contributed by atoms with Crippen LogP contribution in [0.4, 0.5) is 18.9 Å². The Morgan fingerprint density at radius 1 is 1.38 bits per heavy atom. The van der Waals surface area contributed by atoms with Gasteiger partial charge >= 0.3 is 6.18 Å². The van der Waals surface area contributed by atoms with Crippen LogP contribution in [0.1, 0.15) is 11.4 Å². The smallest absolute Gasteiger partial charge is 0.360 e. The van der Waals surface area contributed by atoms with Crippen LogP contribution in [0.3, 0.4) is 0 Å². The standard InChI is InChI=1S/C11H6F3IN6/c12-11(13,14)7-1-8(15)3-9(2-7)17-5-6(4-16)10-18-20-21-19-10/h1-3,5,17H,(H,18,19,20,21). The lowest BCUT2D eigenvalue weighted by molar-refractivity contribution is -0.137. The Hall–Kier alpha value is -2.16. The summed E-state index contributed by atoms with van der Waals surface area (Å²) in [5, 5.41) is 24.3. The van der Waals surface area contributed by atoms with Gasteiger partial charge in [0.25, 0.3) is 0 Å². The minimum atomic E-state index is -4.44. The summed E-state index contributed by atoms with van der Waals surface area (Å²) in [7, 11) is 0. The first-order valence-corrected chi connectivity index (χ1v) is 6.46. The molecule has 0 unspecified atom stereocenters. The zero-order valence-corrected chi connectivity index (χ0v) is 12.3. The summed E-state index contributed by atoms with van der Waals surface area (Å²) < 4.78 is 38.5. The fourth-order valence-corrected chi connectivity index (χ4v) is 2.09. The van der Waals surface area contributed by atoms with E-state index in [-0.39, 0.29) is 17.1 Å². The van der Waals surface area contributed by atoms with Gasteiger partial charge in [0, 0.05) is 15.5 Å². The maximum atomic E-state index is 12.7. The molecule has 2 rings (SSSR count). The number of rotatable bonds is 3. The van der Waals surface area contributed by atoms with Crippen molar-refractivity contribution in [2.45, 2.75) is 6.18 Å². The van der Waals surface area contributed by atoms with Crippen LogP contribution in [0.5, 0.6) is 0 Å². The molecule has 108 valence electrons. The molecule has 1 heterocycles. The lowest BCUT2D eigenvalue weighted by Gasteiger charge is -2.10. The topological polar surface area (TPSA) is 90.3 Å². The Morgan fingerprint density at radius 2 is 2.14 bits per heavy atom. The maximum Gasteiger partial charge on any atom is 0.416 e. The van der Waals surface area contributed by atoms with E-state index in [9.17, 15) is 13.2 Å². The van der Waals surface area contributed by atoms with Crippen molar-refractivity contribution in [3.8, 4) is 6.07 Å². The summed E-state index contributed by atoms with van der Waals surface area (Å²) >= 11 is 1.78. The summed E-state index contributed by atoms with van der Waals surface area (Å²) in [6.45, 7) is 0. The molecule has 2 aromatic rings. The lowest BCUT2D eigenvalue weighted by atomic mass is 10.2. The van der Waals surface area contributed by atoms with Crippen LogP contribution in [0.2, 0.25) is 0 Å². The van der Waals surface area contributed by atoms with E-state index in [0.717, 1.165) is 12.1 Å². The molecular formula is C11H6F3IN6. The monoisotopic (exact) mass is 406 g/mol. The van der Waals surface area contributed by atoms with Crippen LogP contribution in [0.15, 0.2) is 24.4 Å². The molecule has 0 aliphatic rings. The van der Waals surface area contributed by atoms with Crippen molar-refractivity contribution in [3.63, 3.8) is 0 Å². The molecule has 0 radical (unpaired) electrons. The molecule has 0 aliphatic carbocycles. The SMILES string of the molecule is N#CC(=CNc1cc(I)cc(C(F)(F)F)c1)c1nn[nH]n1. The van der Waals surface area contributed by atoms with Crippen molar-refractivity contribution in [2.24, 2.45) is 0 Å². The third-order valence-electron chi connectivity index (χ3n) is 2.31. The zero-order chi connectivity index (χ0) is 15.5. The molecular weight excluding hydrogens is 400 g/mol. The summed E-state index contributed by atoms with van der Waals surface area (Å²) in [5.74, 6) is 0.0478. The molecule has 0 saturated carbocycles. The number of nitrogens with zero attached hydrogens (tertiary/aromatic N) is 4. The number of tetrazole rings is 1. The minimum Gasteiger partial charge on any atom is -0.360 e. The van der Waals surface area contributed by atoms with Gasteiger partial charge in [-0.05, 0) is 46.0 Å². The largest absolute Gasteiger partial charge is 0.416 e. The van der Waals surface area contributed by atoms with E-state index in [0.29, 0.717) is 3.57 Å². The van der Waals surface area contributed by atoms with E-state index < -0.39 is 11.7 Å². The normalized spacial score (nSPS) is 12.0. The van der Waals surface area contributed by atoms with Crippen LogP contribution >= 0.6 is 22.6 Å². The van der Waals surface area contributed by atoms with E-state index in [2.05, 4.69) is 25.9 Å². The van der Waals surface area contributed by atoms with Crippen molar-refractivity contribution in [3.05, 3.63) is 39.4 Å². The number of benzene rings is 1. The van der Waals surface area contributed by atoms with E-state index >= 15 is 0 Å². The van der Waals surface area contributed by atoms with Crippen molar-refractivity contribution in [1.82, 2.24) is 20.6 Å². The van der Waals surface area contributed by atoms with Gasteiger partial charge in [0.05, 0.1) is 5.56 Å². The van der Waals surface area contributed by atoms with E-state index in [1.54, 1.807) is 22.6 Å². The summed E-state index contributed by atoms with van der Waals surface area (Å²) in [6, 6.07) is 5.31. The number of H-pyrrole nitrogens is 1. The second kappa shape index (κ2) is 6.08. The number of aromatic amines is 1. The van der Waals surface area contributed by atoms with Gasteiger partial charge in [0.1, 0.15) is 11.6 Å². The Kier molecular flexibility index (Phi) is 4.41. The van der Waals surface area contributed by atoms with Crippen LogP contribution in [0.25, 0.3) is 5.57 Å². The molecule has 0 atom stereocenters. The Balaban J connectivity index is 2.28. The van der Waals surface area contributed by atoms with Crippen molar-refractivity contribution in [2.75, 3.05) is 5.32 Å². The molecule has 1 aromatic heterocycles. The second-order valence-electron chi connectivity index (χ2n) is 3.78. The highest BCUT2D eigenvalue weighted by Gasteiger charge is 2.31.